The van der Waals surface area contributed by atoms with Gasteiger partial charge in [0, 0.05) is 13.6 Å². The van der Waals surface area contributed by atoms with Gasteiger partial charge in [0.2, 0.25) is 0 Å². The molecular formula is C21H21NO3. The van der Waals surface area contributed by atoms with E-state index in [4.69, 9.17) is 9.47 Å². The van der Waals surface area contributed by atoms with Crippen LogP contribution in [0.4, 0.5) is 0 Å². The third-order valence-corrected chi connectivity index (χ3v) is 4.09. The summed E-state index contributed by atoms with van der Waals surface area (Å²) in [4.78, 5) is 13.9. The monoisotopic (exact) mass is 335 g/mol. The van der Waals surface area contributed by atoms with Crippen LogP contribution in [0, 0.1) is 0 Å². The Kier molecular flexibility index (Phi) is 5.19. The maximum atomic E-state index is 12.3. The number of likely N-dealkylation sites (N-methyl/N-ethyl adjacent to an activating group) is 1. The highest BCUT2D eigenvalue weighted by Gasteiger charge is 2.10. The number of nitrogens with zero attached hydrogens (tertiary/aromatic N) is 1. The van der Waals surface area contributed by atoms with Crippen molar-refractivity contribution in [3.63, 3.8) is 0 Å². The Morgan fingerprint density at radius 3 is 2.32 bits per heavy atom. The molecule has 0 aromatic heterocycles. The molecule has 0 saturated heterocycles. The number of benzene rings is 3. The van der Waals surface area contributed by atoms with Crippen LogP contribution in [0.25, 0.3) is 10.8 Å². The molecule has 4 heteroatoms. The summed E-state index contributed by atoms with van der Waals surface area (Å²) < 4.78 is 10.8. The van der Waals surface area contributed by atoms with Crippen LogP contribution < -0.4 is 9.47 Å². The number of fused-ring (bicyclic) bond motifs is 1. The number of hydrogen-bond donors (Lipinski definition) is 0. The molecule has 0 bridgehead atoms. The first-order valence-corrected chi connectivity index (χ1v) is 8.14. The van der Waals surface area contributed by atoms with Gasteiger partial charge in [-0.15, -0.1) is 0 Å². The van der Waals surface area contributed by atoms with Crippen molar-refractivity contribution in [2.75, 3.05) is 20.8 Å². The van der Waals surface area contributed by atoms with Gasteiger partial charge in [0.25, 0.3) is 5.91 Å². The Labute approximate surface area is 147 Å². The van der Waals surface area contributed by atoms with E-state index in [1.54, 1.807) is 19.1 Å². The van der Waals surface area contributed by atoms with Crippen molar-refractivity contribution in [3.8, 4) is 11.5 Å². The maximum Gasteiger partial charge on any atom is 0.260 e. The number of hydrogen-bond acceptors (Lipinski definition) is 3. The zero-order valence-corrected chi connectivity index (χ0v) is 14.4. The van der Waals surface area contributed by atoms with Gasteiger partial charge in [0.15, 0.2) is 6.61 Å². The summed E-state index contributed by atoms with van der Waals surface area (Å²) >= 11 is 0. The van der Waals surface area contributed by atoms with Crippen LogP contribution in [0.1, 0.15) is 5.56 Å². The van der Waals surface area contributed by atoms with E-state index in [1.165, 1.54) is 0 Å². The van der Waals surface area contributed by atoms with Gasteiger partial charge in [-0.05, 0) is 40.6 Å². The minimum Gasteiger partial charge on any atom is -0.497 e. The highest BCUT2D eigenvalue weighted by molar-refractivity contribution is 5.84. The summed E-state index contributed by atoms with van der Waals surface area (Å²) in [5.41, 5.74) is 1.04. The lowest BCUT2D eigenvalue weighted by atomic mass is 10.1. The smallest absolute Gasteiger partial charge is 0.260 e. The zero-order chi connectivity index (χ0) is 17.6. The molecule has 4 nitrogen and oxygen atoms in total. The van der Waals surface area contributed by atoms with E-state index in [0.29, 0.717) is 12.3 Å². The molecule has 0 saturated carbocycles. The van der Waals surface area contributed by atoms with Gasteiger partial charge in [-0.25, -0.2) is 0 Å². The highest BCUT2D eigenvalue weighted by atomic mass is 16.5. The highest BCUT2D eigenvalue weighted by Crippen LogP contribution is 2.20. The second-order valence-electron chi connectivity index (χ2n) is 5.90. The largest absolute Gasteiger partial charge is 0.497 e. The molecule has 3 aromatic rings. The Hall–Kier alpha value is -3.01. The first-order valence-electron chi connectivity index (χ1n) is 8.14. The summed E-state index contributed by atoms with van der Waals surface area (Å²) in [7, 11) is 3.41. The number of amides is 1. The molecule has 0 atom stereocenters. The molecule has 0 spiro atoms. The van der Waals surface area contributed by atoms with Crippen LogP contribution in [0.2, 0.25) is 0 Å². The molecule has 0 N–H and O–H groups in total. The van der Waals surface area contributed by atoms with Crippen molar-refractivity contribution < 1.29 is 14.3 Å². The lowest BCUT2D eigenvalue weighted by Crippen LogP contribution is -2.30. The van der Waals surface area contributed by atoms with E-state index in [1.807, 2.05) is 66.7 Å². The number of carbonyl (C=O) groups is 1. The quantitative estimate of drug-likeness (QED) is 0.686. The summed E-state index contributed by atoms with van der Waals surface area (Å²) in [6, 6.07) is 21.6. The normalized spacial score (nSPS) is 10.5. The van der Waals surface area contributed by atoms with Gasteiger partial charge in [-0.3, -0.25) is 4.79 Å². The molecule has 128 valence electrons. The van der Waals surface area contributed by atoms with Gasteiger partial charge in [-0.1, -0.05) is 42.5 Å². The molecule has 0 radical (unpaired) electrons. The minimum absolute atomic E-state index is 0.0188. The topological polar surface area (TPSA) is 38.8 Å². The molecule has 3 aromatic carbocycles. The van der Waals surface area contributed by atoms with Crippen LogP contribution in [0.15, 0.2) is 66.7 Å². The van der Waals surface area contributed by atoms with E-state index in [0.717, 1.165) is 22.1 Å². The van der Waals surface area contributed by atoms with Crippen molar-refractivity contribution in [1.29, 1.82) is 0 Å². The van der Waals surface area contributed by atoms with Gasteiger partial charge < -0.3 is 14.4 Å². The summed E-state index contributed by atoms with van der Waals surface area (Å²) in [5, 5.41) is 2.25. The van der Waals surface area contributed by atoms with E-state index in [9.17, 15) is 4.79 Å². The maximum absolute atomic E-state index is 12.3. The second kappa shape index (κ2) is 7.71. The minimum atomic E-state index is -0.0658. The Morgan fingerprint density at radius 2 is 1.60 bits per heavy atom. The first-order chi connectivity index (χ1) is 12.2. The van der Waals surface area contributed by atoms with E-state index in [2.05, 4.69) is 0 Å². The second-order valence-corrected chi connectivity index (χ2v) is 5.90. The van der Waals surface area contributed by atoms with Crippen LogP contribution in [0.3, 0.4) is 0 Å². The fourth-order valence-electron chi connectivity index (χ4n) is 2.61. The van der Waals surface area contributed by atoms with Crippen LogP contribution in [-0.2, 0) is 11.3 Å². The van der Waals surface area contributed by atoms with E-state index >= 15 is 0 Å². The van der Waals surface area contributed by atoms with Crippen LogP contribution >= 0.6 is 0 Å². The fraction of sp³-hybridized carbons (Fsp3) is 0.190. The summed E-state index contributed by atoms with van der Waals surface area (Å²) in [6.07, 6.45) is 0. The lowest BCUT2D eigenvalue weighted by molar-refractivity contribution is -0.132. The number of methoxy groups -OCH3 is 1. The van der Waals surface area contributed by atoms with E-state index in [-0.39, 0.29) is 12.5 Å². The van der Waals surface area contributed by atoms with Gasteiger partial charge in [0.05, 0.1) is 7.11 Å². The predicted octanol–water partition coefficient (Wildman–Crippen LogP) is 3.89. The van der Waals surface area contributed by atoms with Gasteiger partial charge in [-0.2, -0.15) is 0 Å². The average Bonchev–Trinajstić information content (AvgIpc) is 2.66. The SMILES string of the molecule is COc1ccc(CN(C)C(=O)COc2ccc3ccccc3c2)cc1. The van der Waals surface area contributed by atoms with Crippen molar-refractivity contribution >= 4 is 16.7 Å². The van der Waals surface area contributed by atoms with Crippen molar-refractivity contribution in [1.82, 2.24) is 4.90 Å². The Morgan fingerprint density at radius 1 is 0.920 bits per heavy atom. The number of carbonyl (C=O) groups excluding carboxylic acids is 1. The standard InChI is InChI=1S/C21H21NO3/c1-22(14-16-7-10-19(24-2)11-8-16)21(23)15-25-20-12-9-17-5-3-4-6-18(17)13-20/h3-13H,14-15H2,1-2H3. The lowest BCUT2D eigenvalue weighted by Gasteiger charge is -2.18. The van der Waals surface area contributed by atoms with Crippen LogP contribution in [0.5, 0.6) is 11.5 Å². The zero-order valence-electron chi connectivity index (χ0n) is 14.4. The molecule has 3 rings (SSSR count). The summed E-state index contributed by atoms with van der Waals surface area (Å²) in [6.45, 7) is 0.550. The Balaban J connectivity index is 1.56. The molecule has 0 unspecified atom stereocenters. The molecule has 0 aliphatic rings. The van der Waals surface area contributed by atoms with Crippen molar-refractivity contribution in [2.24, 2.45) is 0 Å². The molecule has 25 heavy (non-hydrogen) atoms. The molecule has 0 aliphatic heterocycles. The fourth-order valence-corrected chi connectivity index (χ4v) is 2.61. The van der Waals surface area contributed by atoms with Crippen molar-refractivity contribution in [3.05, 3.63) is 72.3 Å². The van der Waals surface area contributed by atoms with Gasteiger partial charge >= 0.3 is 0 Å². The van der Waals surface area contributed by atoms with E-state index < -0.39 is 0 Å². The molecule has 1 amide bonds. The third kappa shape index (κ3) is 4.29. The summed E-state index contributed by atoms with van der Waals surface area (Å²) in [5.74, 6) is 1.44. The number of rotatable bonds is 6. The number of ether oxygens (including phenoxy) is 2. The molecular weight excluding hydrogens is 314 g/mol. The molecule has 0 aliphatic carbocycles. The average molecular weight is 335 g/mol. The third-order valence-electron chi connectivity index (χ3n) is 4.09. The molecule has 0 fully saturated rings. The van der Waals surface area contributed by atoms with Crippen molar-refractivity contribution in [2.45, 2.75) is 6.54 Å². The predicted molar refractivity (Wildman–Crippen MR) is 98.9 cm³/mol. The van der Waals surface area contributed by atoms with Crippen LogP contribution in [-0.4, -0.2) is 31.6 Å². The Bertz CT molecular complexity index is 858. The van der Waals surface area contributed by atoms with Gasteiger partial charge in [0.1, 0.15) is 11.5 Å². The molecule has 0 heterocycles. The first kappa shape index (κ1) is 16.8.